The molecule has 1 heterocycles. The van der Waals surface area contributed by atoms with Gasteiger partial charge >= 0.3 is 0 Å². The number of aromatic amines is 1. The van der Waals surface area contributed by atoms with Crippen molar-refractivity contribution in [2.24, 2.45) is 10.9 Å². The lowest BCUT2D eigenvalue weighted by Gasteiger charge is -2.12. The number of aliphatic imine (C=N–C) groups is 1. The third-order valence-corrected chi connectivity index (χ3v) is 3.59. The Bertz CT molecular complexity index is 654. The van der Waals surface area contributed by atoms with Crippen molar-refractivity contribution in [3.8, 4) is 11.4 Å². The van der Waals surface area contributed by atoms with Gasteiger partial charge in [0.05, 0.1) is 6.54 Å². The van der Waals surface area contributed by atoms with Crippen molar-refractivity contribution in [3.63, 3.8) is 0 Å². The standard InChI is InChI=1S/C19H30N6O/c1-4-20-19(21-9-6-10-26-13-15(2)3)22-12-16-7-5-8-17(11-16)18-23-14-24-25-18/h5,7-8,11,14-15H,4,6,9-10,12-13H2,1-3H3,(H2,20,21,22)(H,23,24,25). The average molecular weight is 358 g/mol. The van der Waals surface area contributed by atoms with E-state index in [1.807, 2.05) is 12.1 Å². The van der Waals surface area contributed by atoms with Crippen molar-refractivity contribution in [2.75, 3.05) is 26.3 Å². The maximum atomic E-state index is 5.60. The number of nitrogens with zero attached hydrogens (tertiary/aromatic N) is 3. The zero-order valence-electron chi connectivity index (χ0n) is 16.0. The summed E-state index contributed by atoms with van der Waals surface area (Å²) in [5.41, 5.74) is 2.13. The van der Waals surface area contributed by atoms with Gasteiger partial charge in [-0.05, 0) is 30.9 Å². The summed E-state index contributed by atoms with van der Waals surface area (Å²) >= 11 is 0. The lowest BCUT2D eigenvalue weighted by Crippen LogP contribution is -2.38. The quantitative estimate of drug-likeness (QED) is 0.345. The molecular weight excluding hydrogens is 328 g/mol. The fourth-order valence-corrected chi connectivity index (χ4v) is 2.37. The normalized spacial score (nSPS) is 11.8. The van der Waals surface area contributed by atoms with Crippen LogP contribution in [-0.2, 0) is 11.3 Å². The van der Waals surface area contributed by atoms with Crippen LogP contribution in [0.3, 0.4) is 0 Å². The van der Waals surface area contributed by atoms with Gasteiger partial charge in [0.2, 0.25) is 0 Å². The molecule has 1 aromatic carbocycles. The van der Waals surface area contributed by atoms with E-state index in [0.717, 1.165) is 55.6 Å². The molecule has 0 atom stereocenters. The lowest BCUT2D eigenvalue weighted by atomic mass is 10.1. The van der Waals surface area contributed by atoms with Gasteiger partial charge in [-0.15, -0.1) is 0 Å². The fraction of sp³-hybridized carbons (Fsp3) is 0.526. The topological polar surface area (TPSA) is 87.2 Å². The second-order valence-electron chi connectivity index (χ2n) is 6.48. The number of ether oxygens (including phenoxy) is 1. The summed E-state index contributed by atoms with van der Waals surface area (Å²) in [6, 6.07) is 8.16. The molecule has 0 fully saturated rings. The third-order valence-electron chi connectivity index (χ3n) is 3.59. The van der Waals surface area contributed by atoms with Gasteiger partial charge in [0.15, 0.2) is 11.8 Å². The first-order valence-corrected chi connectivity index (χ1v) is 9.23. The molecule has 7 heteroatoms. The number of hydrogen-bond donors (Lipinski definition) is 3. The van der Waals surface area contributed by atoms with Crippen LogP contribution in [0.5, 0.6) is 0 Å². The van der Waals surface area contributed by atoms with Gasteiger partial charge in [-0.2, -0.15) is 5.10 Å². The highest BCUT2D eigenvalue weighted by Gasteiger charge is 2.02. The molecule has 7 nitrogen and oxygen atoms in total. The minimum absolute atomic E-state index is 0.578. The molecular formula is C19H30N6O. The first-order valence-electron chi connectivity index (χ1n) is 9.23. The van der Waals surface area contributed by atoms with Crippen molar-refractivity contribution in [2.45, 2.75) is 33.7 Å². The average Bonchev–Trinajstić information content (AvgIpc) is 3.17. The number of benzene rings is 1. The number of nitrogens with one attached hydrogen (secondary N) is 3. The van der Waals surface area contributed by atoms with Gasteiger partial charge in [0.1, 0.15) is 6.33 Å². The van der Waals surface area contributed by atoms with Crippen LogP contribution in [0.1, 0.15) is 32.8 Å². The van der Waals surface area contributed by atoms with E-state index in [-0.39, 0.29) is 0 Å². The minimum Gasteiger partial charge on any atom is -0.381 e. The monoisotopic (exact) mass is 358 g/mol. The summed E-state index contributed by atoms with van der Waals surface area (Å²) in [4.78, 5) is 8.85. The van der Waals surface area contributed by atoms with Gasteiger partial charge in [-0.3, -0.25) is 5.10 Å². The summed E-state index contributed by atoms with van der Waals surface area (Å²) < 4.78 is 5.60. The van der Waals surface area contributed by atoms with Crippen molar-refractivity contribution in [1.82, 2.24) is 25.8 Å². The molecule has 142 valence electrons. The summed E-state index contributed by atoms with van der Waals surface area (Å²) in [7, 11) is 0. The van der Waals surface area contributed by atoms with E-state index in [1.165, 1.54) is 6.33 Å². The highest BCUT2D eigenvalue weighted by molar-refractivity contribution is 5.79. The molecule has 0 aliphatic carbocycles. The van der Waals surface area contributed by atoms with Crippen LogP contribution in [0.15, 0.2) is 35.6 Å². The Morgan fingerprint density at radius 1 is 1.31 bits per heavy atom. The Kier molecular flexibility index (Phi) is 8.62. The van der Waals surface area contributed by atoms with E-state index in [1.54, 1.807) is 0 Å². The van der Waals surface area contributed by atoms with E-state index >= 15 is 0 Å². The van der Waals surface area contributed by atoms with E-state index in [2.05, 4.69) is 63.7 Å². The summed E-state index contributed by atoms with van der Waals surface area (Å²) in [5.74, 6) is 2.17. The zero-order chi connectivity index (χ0) is 18.6. The Morgan fingerprint density at radius 3 is 2.92 bits per heavy atom. The van der Waals surface area contributed by atoms with E-state index in [9.17, 15) is 0 Å². The molecule has 2 rings (SSSR count). The molecule has 0 unspecified atom stereocenters. The highest BCUT2D eigenvalue weighted by atomic mass is 16.5. The van der Waals surface area contributed by atoms with Crippen LogP contribution < -0.4 is 10.6 Å². The van der Waals surface area contributed by atoms with E-state index < -0.39 is 0 Å². The maximum absolute atomic E-state index is 5.60. The van der Waals surface area contributed by atoms with E-state index in [0.29, 0.717) is 12.5 Å². The van der Waals surface area contributed by atoms with Gasteiger partial charge in [-0.25, -0.2) is 9.98 Å². The lowest BCUT2D eigenvalue weighted by molar-refractivity contribution is 0.108. The smallest absolute Gasteiger partial charge is 0.191 e. The Morgan fingerprint density at radius 2 is 2.19 bits per heavy atom. The van der Waals surface area contributed by atoms with Crippen LogP contribution >= 0.6 is 0 Å². The number of rotatable bonds is 10. The maximum Gasteiger partial charge on any atom is 0.191 e. The van der Waals surface area contributed by atoms with Crippen molar-refractivity contribution >= 4 is 5.96 Å². The molecule has 0 aliphatic rings. The predicted octanol–water partition coefficient (Wildman–Crippen LogP) is 2.59. The largest absolute Gasteiger partial charge is 0.381 e. The van der Waals surface area contributed by atoms with Crippen LogP contribution in [0.25, 0.3) is 11.4 Å². The van der Waals surface area contributed by atoms with Gasteiger partial charge < -0.3 is 15.4 Å². The molecule has 0 saturated carbocycles. The number of hydrogen-bond acceptors (Lipinski definition) is 4. The van der Waals surface area contributed by atoms with Gasteiger partial charge in [0.25, 0.3) is 0 Å². The first kappa shape index (κ1) is 19.9. The highest BCUT2D eigenvalue weighted by Crippen LogP contribution is 2.15. The predicted molar refractivity (Wildman–Crippen MR) is 105 cm³/mol. The second-order valence-corrected chi connectivity index (χ2v) is 6.48. The molecule has 0 amide bonds. The van der Waals surface area contributed by atoms with Gasteiger partial charge in [-0.1, -0.05) is 32.0 Å². The van der Waals surface area contributed by atoms with Crippen LogP contribution in [-0.4, -0.2) is 47.4 Å². The molecule has 0 radical (unpaired) electrons. The molecule has 2 aromatic rings. The number of aromatic nitrogens is 3. The molecule has 0 aliphatic heterocycles. The fourth-order valence-electron chi connectivity index (χ4n) is 2.37. The Labute approximate surface area is 155 Å². The molecule has 3 N–H and O–H groups in total. The molecule has 26 heavy (non-hydrogen) atoms. The van der Waals surface area contributed by atoms with Gasteiger partial charge in [0, 0.05) is 31.9 Å². The first-order chi connectivity index (χ1) is 12.7. The van der Waals surface area contributed by atoms with Crippen LogP contribution in [0.4, 0.5) is 0 Å². The number of guanidine groups is 1. The number of H-pyrrole nitrogens is 1. The molecule has 1 aromatic heterocycles. The summed E-state index contributed by atoms with van der Waals surface area (Å²) in [6.45, 7) is 10.2. The van der Waals surface area contributed by atoms with E-state index in [4.69, 9.17) is 4.74 Å². The Balaban J connectivity index is 1.83. The zero-order valence-corrected chi connectivity index (χ0v) is 16.0. The van der Waals surface area contributed by atoms with Crippen molar-refractivity contribution in [1.29, 1.82) is 0 Å². The minimum atomic E-state index is 0.578. The van der Waals surface area contributed by atoms with Crippen LogP contribution in [0.2, 0.25) is 0 Å². The van der Waals surface area contributed by atoms with Crippen LogP contribution in [0, 0.1) is 5.92 Å². The molecule has 0 saturated heterocycles. The second kappa shape index (κ2) is 11.3. The summed E-state index contributed by atoms with van der Waals surface area (Å²) in [5, 5.41) is 13.4. The molecule has 0 bridgehead atoms. The Hall–Kier alpha value is -2.41. The molecule has 0 spiro atoms. The van der Waals surface area contributed by atoms with Crippen molar-refractivity contribution in [3.05, 3.63) is 36.2 Å². The SMILES string of the molecule is CCNC(=NCc1cccc(-c2ncn[nH]2)c1)NCCCOCC(C)C. The third kappa shape index (κ3) is 7.23. The van der Waals surface area contributed by atoms with Crippen molar-refractivity contribution < 1.29 is 4.74 Å². The summed E-state index contributed by atoms with van der Waals surface area (Å²) in [6.07, 6.45) is 2.47.